The van der Waals surface area contributed by atoms with Gasteiger partial charge in [-0.05, 0) is 70.0 Å². The van der Waals surface area contributed by atoms with E-state index in [4.69, 9.17) is 5.73 Å². The number of alkyl halides is 3. The van der Waals surface area contributed by atoms with Gasteiger partial charge in [-0.2, -0.15) is 13.2 Å². The smallest absolute Gasteiger partial charge is 0.419 e. The topological polar surface area (TPSA) is 140 Å². The molecule has 0 bridgehead atoms. The van der Waals surface area contributed by atoms with E-state index < -0.39 is 52.4 Å². The molecule has 2 heterocycles. The van der Waals surface area contributed by atoms with Crippen molar-refractivity contribution in [2.45, 2.75) is 52.4 Å². The maximum absolute atomic E-state index is 15.2. The maximum Gasteiger partial charge on any atom is 0.491 e. The van der Waals surface area contributed by atoms with Crippen molar-refractivity contribution in [3.05, 3.63) is 76.8 Å². The van der Waals surface area contributed by atoms with Gasteiger partial charge in [0.1, 0.15) is 11.4 Å². The molecule has 220 valence electrons. The lowest BCUT2D eigenvalue weighted by Gasteiger charge is -2.23. The Hall–Kier alpha value is -4.65. The molecule has 0 aliphatic heterocycles. The third kappa shape index (κ3) is 6.00. The van der Waals surface area contributed by atoms with Crippen LogP contribution in [0.5, 0.6) is 5.75 Å². The van der Waals surface area contributed by atoms with E-state index in [1.165, 1.54) is 6.92 Å². The standard InChI is InChI=1S/C29H27F4N5O4/c1-13-14(2)37-21-9-6-16(17-11-35-26(36-12-17)28(4,5)41)10-19(21)23(13)38-15(3)22-20(30)8-7-18(25(34)39)24(22)42-27(40)29(31,32)33/h6-12,15,41H,1-5H3,(H2,34,39)(H,37,38)/t15-/m1/s1. The summed E-state index contributed by atoms with van der Waals surface area (Å²) in [5.41, 5.74) is 6.59. The number of amides is 1. The zero-order valence-corrected chi connectivity index (χ0v) is 23.2. The minimum absolute atomic E-state index is 0.235. The molecule has 9 nitrogen and oxygen atoms in total. The fourth-order valence-corrected chi connectivity index (χ4v) is 4.36. The monoisotopic (exact) mass is 585 g/mol. The lowest BCUT2D eigenvalue weighted by atomic mass is 9.98. The summed E-state index contributed by atoms with van der Waals surface area (Å²) in [6.07, 6.45) is -2.30. The number of primary amides is 1. The predicted molar refractivity (Wildman–Crippen MR) is 146 cm³/mol. The Labute approximate surface area is 237 Å². The van der Waals surface area contributed by atoms with Gasteiger partial charge in [0.2, 0.25) is 0 Å². The first kappa shape index (κ1) is 30.3. The zero-order chi connectivity index (χ0) is 31.1. The van der Waals surface area contributed by atoms with Crippen LogP contribution in [-0.4, -0.2) is 38.1 Å². The maximum atomic E-state index is 15.2. The van der Waals surface area contributed by atoms with E-state index >= 15 is 4.39 Å². The molecule has 2 aromatic heterocycles. The lowest BCUT2D eigenvalue weighted by molar-refractivity contribution is -0.189. The summed E-state index contributed by atoms with van der Waals surface area (Å²) in [5.74, 6) is -5.56. The number of nitrogens with zero attached hydrogens (tertiary/aromatic N) is 3. The Morgan fingerprint density at radius 2 is 1.69 bits per heavy atom. The summed E-state index contributed by atoms with van der Waals surface area (Å²) in [6.45, 7) is 8.07. The second kappa shape index (κ2) is 11.0. The van der Waals surface area contributed by atoms with Crippen LogP contribution in [0.1, 0.15) is 59.8 Å². The number of hydrogen-bond acceptors (Lipinski definition) is 8. The van der Waals surface area contributed by atoms with E-state index in [0.29, 0.717) is 39.0 Å². The van der Waals surface area contributed by atoms with Gasteiger partial charge in [-0.1, -0.05) is 6.07 Å². The summed E-state index contributed by atoms with van der Waals surface area (Å²) in [4.78, 5) is 36.8. The van der Waals surface area contributed by atoms with Gasteiger partial charge >= 0.3 is 12.1 Å². The molecular weight excluding hydrogens is 558 g/mol. The predicted octanol–water partition coefficient (Wildman–Crippen LogP) is 5.41. The minimum Gasteiger partial charge on any atom is -0.419 e. The number of carbonyl (C=O) groups is 2. The Kier molecular flexibility index (Phi) is 7.92. The highest BCUT2D eigenvalue weighted by atomic mass is 19.4. The van der Waals surface area contributed by atoms with Crippen LogP contribution < -0.4 is 15.8 Å². The first-order chi connectivity index (χ1) is 19.5. The Balaban J connectivity index is 1.83. The van der Waals surface area contributed by atoms with Crippen LogP contribution in [0.25, 0.3) is 22.0 Å². The number of pyridine rings is 1. The fraction of sp³-hybridized carbons (Fsp3) is 0.276. The third-order valence-corrected chi connectivity index (χ3v) is 6.63. The first-order valence-electron chi connectivity index (χ1n) is 12.6. The van der Waals surface area contributed by atoms with Gasteiger partial charge in [0.05, 0.1) is 22.7 Å². The van der Waals surface area contributed by atoms with Crippen molar-refractivity contribution in [2.24, 2.45) is 5.73 Å². The highest BCUT2D eigenvalue weighted by Crippen LogP contribution is 2.38. The molecule has 0 aliphatic rings. The number of benzene rings is 2. The van der Waals surface area contributed by atoms with E-state index in [2.05, 4.69) is 25.0 Å². The molecule has 0 unspecified atom stereocenters. The Bertz CT molecular complexity index is 1700. The van der Waals surface area contributed by atoms with Crippen LogP contribution in [-0.2, 0) is 10.4 Å². The molecule has 4 rings (SSSR count). The van der Waals surface area contributed by atoms with Crippen LogP contribution in [0.2, 0.25) is 0 Å². The number of aryl methyl sites for hydroxylation is 1. The van der Waals surface area contributed by atoms with E-state index in [-0.39, 0.29) is 5.82 Å². The molecule has 0 radical (unpaired) electrons. The highest BCUT2D eigenvalue weighted by molar-refractivity contribution is 5.98. The number of carbonyl (C=O) groups excluding carboxylic acids is 2. The summed E-state index contributed by atoms with van der Waals surface area (Å²) in [6, 6.07) is 5.92. The van der Waals surface area contributed by atoms with Crippen molar-refractivity contribution in [3.8, 4) is 16.9 Å². The molecule has 0 saturated carbocycles. The number of hydrogen-bond donors (Lipinski definition) is 3. The summed E-state index contributed by atoms with van der Waals surface area (Å²) >= 11 is 0. The van der Waals surface area contributed by atoms with Crippen molar-refractivity contribution < 1.29 is 37.0 Å². The van der Waals surface area contributed by atoms with Crippen molar-refractivity contribution in [1.82, 2.24) is 15.0 Å². The van der Waals surface area contributed by atoms with Crippen molar-refractivity contribution in [2.75, 3.05) is 5.32 Å². The number of aromatic nitrogens is 3. The number of ether oxygens (including phenoxy) is 1. The molecule has 1 atom stereocenters. The molecule has 0 spiro atoms. The van der Waals surface area contributed by atoms with Crippen LogP contribution in [0.3, 0.4) is 0 Å². The largest absolute Gasteiger partial charge is 0.491 e. The number of fused-ring (bicyclic) bond motifs is 1. The molecule has 42 heavy (non-hydrogen) atoms. The first-order valence-corrected chi connectivity index (χ1v) is 12.6. The van der Waals surface area contributed by atoms with Crippen LogP contribution in [0, 0.1) is 19.7 Å². The van der Waals surface area contributed by atoms with E-state index in [1.807, 2.05) is 0 Å². The van der Waals surface area contributed by atoms with E-state index in [0.717, 1.165) is 12.1 Å². The Morgan fingerprint density at radius 1 is 1.05 bits per heavy atom. The average molecular weight is 586 g/mol. The van der Waals surface area contributed by atoms with Gasteiger partial charge in [0.15, 0.2) is 11.6 Å². The second-order valence-corrected chi connectivity index (χ2v) is 10.2. The average Bonchev–Trinajstić information content (AvgIpc) is 2.90. The molecule has 0 aliphatic carbocycles. The minimum atomic E-state index is -5.41. The number of aliphatic hydroxyl groups is 1. The van der Waals surface area contributed by atoms with Gasteiger partial charge in [-0.25, -0.2) is 19.2 Å². The number of halogens is 4. The molecule has 13 heteroatoms. The van der Waals surface area contributed by atoms with Gasteiger partial charge < -0.3 is 20.9 Å². The summed E-state index contributed by atoms with van der Waals surface area (Å²) in [5, 5.41) is 13.8. The molecule has 0 saturated heterocycles. The van der Waals surface area contributed by atoms with Gasteiger partial charge in [0, 0.05) is 34.7 Å². The van der Waals surface area contributed by atoms with Crippen LogP contribution >= 0.6 is 0 Å². The van der Waals surface area contributed by atoms with Crippen LogP contribution in [0.15, 0.2) is 42.7 Å². The molecule has 2 aromatic carbocycles. The number of rotatable bonds is 7. The number of nitrogens with two attached hydrogens (primary N) is 1. The SMILES string of the molecule is Cc1nc2ccc(-c3cnc(C(C)(C)O)nc3)cc2c(N[C@H](C)c2c(F)ccc(C(N)=O)c2OC(=O)C(F)(F)F)c1C. The number of esters is 1. The van der Waals surface area contributed by atoms with E-state index in [1.54, 1.807) is 58.3 Å². The summed E-state index contributed by atoms with van der Waals surface area (Å²) in [7, 11) is 0. The van der Waals surface area contributed by atoms with E-state index in [9.17, 15) is 27.9 Å². The number of nitrogens with one attached hydrogen (secondary N) is 1. The van der Waals surface area contributed by atoms with Crippen LogP contribution in [0.4, 0.5) is 23.2 Å². The molecule has 1 amide bonds. The van der Waals surface area contributed by atoms with Crippen molar-refractivity contribution in [3.63, 3.8) is 0 Å². The molecule has 4 N–H and O–H groups in total. The highest BCUT2D eigenvalue weighted by Gasteiger charge is 2.42. The number of anilines is 1. The van der Waals surface area contributed by atoms with Crippen molar-refractivity contribution >= 4 is 28.5 Å². The Morgan fingerprint density at radius 3 is 2.26 bits per heavy atom. The quantitative estimate of drug-likeness (QED) is 0.149. The fourth-order valence-electron chi connectivity index (χ4n) is 4.36. The van der Waals surface area contributed by atoms with Gasteiger partial charge in [-0.3, -0.25) is 9.78 Å². The van der Waals surface area contributed by atoms with Crippen molar-refractivity contribution in [1.29, 1.82) is 0 Å². The van der Waals surface area contributed by atoms with Gasteiger partial charge in [0.25, 0.3) is 5.91 Å². The molecular formula is C29H27F4N5O4. The molecule has 4 aromatic rings. The second-order valence-electron chi connectivity index (χ2n) is 10.2. The molecule has 0 fully saturated rings. The lowest BCUT2D eigenvalue weighted by Crippen LogP contribution is -2.30. The third-order valence-electron chi connectivity index (χ3n) is 6.63. The van der Waals surface area contributed by atoms with Gasteiger partial charge in [-0.15, -0.1) is 0 Å². The summed E-state index contributed by atoms with van der Waals surface area (Å²) < 4.78 is 58.8. The zero-order valence-electron chi connectivity index (χ0n) is 23.2. The normalized spacial score (nSPS) is 12.7.